The highest BCUT2D eigenvalue weighted by molar-refractivity contribution is 5.85. The quantitative estimate of drug-likeness (QED) is 0.656. The van der Waals surface area contributed by atoms with Crippen LogP contribution in [0.5, 0.6) is 0 Å². The number of aryl methyl sites for hydroxylation is 2. The summed E-state index contributed by atoms with van der Waals surface area (Å²) in [6.07, 6.45) is 1.89. The fourth-order valence-electron chi connectivity index (χ4n) is 2.26. The zero-order valence-corrected chi connectivity index (χ0v) is 10.9. The fraction of sp³-hybridized carbons (Fsp3) is 0.133. The summed E-state index contributed by atoms with van der Waals surface area (Å²) >= 11 is 0. The van der Waals surface area contributed by atoms with Crippen LogP contribution in [0, 0.1) is 13.8 Å². The van der Waals surface area contributed by atoms with Gasteiger partial charge in [-0.2, -0.15) is 0 Å². The third-order valence-corrected chi connectivity index (χ3v) is 3.28. The Balaban J connectivity index is 2.07. The highest BCUT2D eigenvalue weighted by Gasteiger charge is 2.03. The largest absolute Gasteiger partial charge is 0.363 e. The molecule has 0 fully saturated rings. The van der Waals surface area contributed by atoms with Crippen LogP contribution in [0.2, 0.25) is 0 Å². The number of anilines is 2. The summed E-state index contributed by atoms with van der Waals surface area (Å²) in [5.41, 5.74) is 4.84. The van der Waals surface area contributed by atoms with Crippen LogP contribution in [0.3, 0.4) is 0 Å². The van der Waals surface area contributed by atoms with Crippen molar-refractivity contribution in [1.29, 1.82) is 0 Å². The molecule has 4 heteroatoms. The summed E-state index contributed by atoms with van der Waals surface area (Å²) < 4.78 is 0. The smallest absolute Gasteiger partial charge is 0.248 e. The average Bonchev–Trinajstić information content (AvgIpc) is 2.74. The minimum atomic E-state index is -0.0695. The molecule has 0 amide bonds. The van der Waals surface area contributed by atoms with Crippen LogP contribution in [0.1, 0.15) is 11.3 Å². The van der Waals surface area contributed by atoms with Gasteiger partial charge in [0, 0.05) is 29.0 Å². The number of fused-ring (bicyclic) bond motifs is 1. The topological polar surface area (TPSA) is 60.7 Å². The van der Waals surface area contributed by atoms with Gasteiger partial charge in [0.2, 0.25) is 5.56 Å². The van der Waals surface area contributed by atoms with Crippen LogP contribution < -0.4 is 10.9 Å². The summed E-state index contributed by atoms with van der Waals surface area (Å²) in [7, 11) is 0. The molecule has 3 aromatic rings. The van der Waals surface area contributed by atoms with Crippen molar-refractivity contribution in [2.75, 3.05) is 5.32 Å². The van der Waals surface area contributed by atoms with E-state index in [1.165, 1.54) is 0 Å². The number of pyridine rings is 1. The molecule has 0 spiro atoms. The lowest BCUT2D eigenvalue weighted by Gasteiger charge is -2.08. The Morgan fingerprint density at radius 1 is 1.11 bits per heavy atom. The molecule has 0 radical (unpaired) electrons. The minimum absolute atomic E-state index is 0.0695. The second-order valence-corrected chi connectivity index (χ2v) is 4.72. The number of nitrogens with one attached hydrogen (secondary N) is 3. The number of aromatic amines is 2. The highest BCUT2D eigenvalue weighted by atomic mass is 16.1. The molecule has 2 heterocycles. The zero-order chi connectivity index (χ0) is 13.4. The molecule has 0 saturated carbocycles. The van der Waals surface area contributed by atoms with Crippen LogP contribution in [0.15, 0.2) is 41.3 Å². The molecule has 0 unspecified atom stereocenters. The average molecular weight is 253 g/mol. The van der Waals surface area contributed by atoms with Gasteiger partial charge in [-0.25, -0.2) is 0 Å². The van der Waals surface area contributed by atoms with Crippen LogP contribution in [-0.2, 0) is 0 Å². The summed E-state index contributed by atoms with van der Waals surface area (Å²) in [6, 6.07) is 9.59. The molecule has 3 N–H and O–H groups in total. The molecule has 0 atom stereocenters. The Hall–Kier alpha value is -2.49. The second kappa shape index (κ2) is 4.31. The molecular weight excluding hydrogens is 238 g/mol. The first kappa shape index (κ1) is 11.6. The summed E-state index contributed by atoms with van der Waals surface area (Å²) in [4.78, 5) is 17.5. The van der Waals surface area contributed by atoms with Crippen LogP contribution in [0.4, 0.5) is 11.4 Å². The molecule has 0 bridgehead atoms. The van der Waals surface area contributed by atoms with Crippen molar-refractivity contribution in [1.82, 2.24) is 9.97 Å². The van der Waals surface area contributed by atoms with Crippen molar-refractivity contribution in [3.05, 3.63) is 58.1 Å². The minimum Gasteiger partial charge on any atom is -0.363 e. The van der Waals surface area contributed by atoms with E-state index >= 15 is 0 Å². The van der Waals surface area contributed by atoms with Crippen molar-refractivity contribution in [2.24, 2.45) is 0 Å². The molecule has 19 heavy (non-hydrogen) atoms. The van der Waals surface area contributed by atoms with Crippen LogP contribution in [0.25, 0.3) is 10.9 Å². The first-order valence-electron chi connectivity index (χ1n) is 6.18. The molecule has 4 nitrogen and oxygen atoms in total. The van der Waals surface area contributed by atoms with Crippen molar-refractivity contribution in [3.63, 3.8) is 0 Å². The third kappa shape index (κ3) is 2.12. The zero-order valence-electron chi connectivity index (χ0n) is 10.9. The van der Waals surface area contributed by atoms with Gasteiger partial charge in [-0.15, -0.1) is 0 Å². The van der Waals surface area contributed by atoms with Crippen molar-refractivity contribution >= 4 is 22.3 Å². The molecule has 0 aliphatic carbocycles. The Morgan fingerprint density at radius 3 is 2.68 bits per heavy atom. The number of hydrogen-bond acceptors (Lipinski definition) is 2. The molecule has 3 rings (SSSR count). The van der Waals surface area contributed by atoms with Gasteiger partial charge in [0.15, 0.2) is 0 Å². The monoisotopic (exact) mass is 253 g/mol. The Morgan fingerprint density at radius 2 is 1.95 bits per heavy atom. The highest BCUT2D eigenvalue weighted by Crippen LogP contribution is 2.23. The Kier molecular flexibility index (Phi) is 2.63. The van der Waals surface area contributed by atoms with Gasteiger partial charge in [0.1, 0.15) is 0 Å². The number of rotatable bonds is 2. The molecule has 0 aliphatic rings. The van der Waals surface area contributed by atoms with Crippen molar-refractivity contribution < 1.29 is 0 Å². The second-order valence-electron chi connectivity index (χ2n) is 4.72. The van der Waals surface area contributed by atoms with E-state index in [2.05, 4.69) is 15.3 Å². The van der Waals surface area contributed by atoms with Gasteiger partial charge in [-0.05, 0) is 37.6 Å². The number of aromatic nitrogens is 2. The van der Waals surface area contributed by atoms with E-state index in [9.17, 15) is 4.79 Å². The maximum Gasteiger partial charge on any atom is 0.248 e. The van der Waals surface area contributed by atoms with Crippen molar-refractivity contribution in [2.45, 2.75) is 13.8 Å². The first-order valence-corrected chi connectivity index (χ1v) is 6.18. The molecule has 0 aliphatic heterocycles. The first-order chi connectivity index (χ1) is 9.13. The third-order valence-electron chi connectivity index (χ3n) is 3.28. The van der Waals surface area contributed by atoms with E-state index in [0.29, 0.717) is 0 Å². The summed E-state index contributed by atoms with van der Waals surface area (Å²) in [5.74, 6) is 0. The normalized spacial score (nSPS) is 10.8. The maximum absolute atomic E-state index is 11.5. The molecule has 0 saturated heterocycles. The van der Waals surface area contributed by atoms with Gasteiger partial charge in [-0.3, -0.25) is 4.79 Å². The van der Waals surface area contributed by atoms with Gasteiger partial charge in [0.25, 0.3) is 0 Å². The Bertz CT molecular complexity index is 799. The van der Waals surface area contributed by atoms with E-state index in [-0.39, 0.29) is 5.56 Å². The molecule has 96 valence electrons. The van der Waals surface area contributed by atoms with E-state index in [1.54, 1.807) is 6.07 Å². The molecule has 1 aromatic carbocycles. The van der Waals surface area contributed by atoms with E-state index in [4.69, 9.17) is 0 Å². The van der Waals surface area contributed by atoms with Gasteiger partial charge < -0.3 is 15.3 Å². The lowest BCUT2D eigenvalue weighted by atomic mass is 10.1. The van der Waals surface area contributed by atoms with Gasteiger partial charge >= 0.3 is 0 Å². The van der Waals surface area contributed by atoms with Gasteiger partial charge in [-0.1, -0.05) is 6.07 Å². The predicted octanol–water partition coefficient (Wildman–Crippen LogP) is 3.22. The van der Waals surface area contributed by atoms with Crippen LogP contribution >= 0.6 is 0 Å². The maximum atomic E-state index is 11.5. The standard InChI is InChI=1S/C15H15N3O/c1-9-7-15(19)18-14-8-11(3-4-12(9)14)17-13-5-6-16-10(13)2/h3-8,16-17H,1-2H3,(H,18,19). The lowest BCUT2D eigenvalue weighted by molar-refractivity contribution is 1.26. The summed E-state index contributed by atoms with van der Waals surface area (Å²) in [6.45, 7) is 3.95. The Labute approximate surface area is 110 Å². The molecule has 2 aromatic heterocycles. The number of hydrogen-bond donors (Lipinski definition) is 3. The predicted molar refractivity (Wildman–Crippen MR) is 78.1 cm³/mol. The van der Waals surface area contributed by atoms with Crippen LogP contribution in [-0.4, -0.2) is 9.97 Å². The van der Waals surface area contributed by atoms with E-state index < -0.39 is 0 Å². The molecular formula is C15H15N3O. The number of H-pyrrole nitrogens is 2. The fourth-order valence-corrected chi connectivity index (χ4v) is 2.26. The van der Waals surface area contributed by atoms with Gasteiger partial charge in [0.05, 0.1) is 11.2 Å². The number of benzene rings is 1. The summed E-state index contributed by atoms with van der Waals surface area (Å²) in [5, 5.41) is 4.40. The lowest BCUT2D eigenvalue weighted by Crippen LogP contribution is -2.05. The van der Waals surface area contributed by atoms with E-state index in [1.807, 2.05) is 44.3 Å². The van der Waals surface area contributed by atoms with Crippen molar-refractivity contribution in [3.8, 4) is 0 Å². The SMILES string of the molecule is Cc1[nH]ccc1Nc1ccc2c(C)cc(=O)[nH]c2c1. The van der Waals surface area contributed by atoms with E-state index in [0.717, 1.165) is 33.5 Å².